The highest BCUT2D eigenvalue weighted by atomic mass is 16.5. The number of rotatable bonds is 10. The molecule has 0 heterocycles. The van der Waals surface area contributed by atoms with Crippen molar-refractivity contribution in [2.75, 3.05) is 11.9 Å². The molecule has 1 rings (SSSR count). The van der Waals surface area contributed by atoms with Gasteiger partial charge in [0.1, 0.15) is 17.7 Å². The summed E-state index contributed by atoms with van der Waals surface area (Å²) in [6.07, 6.45) is 2.67. The van der Waals surface area contributed by atoms with Crippen LogP contribution >= 0.6 is 0 Å². The SMILES string of the molecule is CCCCOC(=O)c1ccccc1NC(=O)/C(C#N)=C\NC(C(=O)O)C(C)C. The van der Waals surface area contributed by atoms with Crippen LogP contribution in [0, 0.1) is 17.2 Å². The predicted molar refractivity (Wildman–Crippen MR) is 103 cm³/mol. The van der Waals surface area contributed by atoms with Crippen LogP contribution in [0.5, 0.6) is 0 Å². The van der Waals surface area contributed by atoms with Crippen LogP contribution in [0.3, 0.4) is 0 Å². The first-order chi connectivity index (χ1) is 13.3. The van der Waals surface area contributed by atoms with E-state index in [-0.39, 0.29) is 29.3 Å². The number of nitrogens with one attached hydrogen (secondary N) is 2. The lowest BCUT2D eigenvalue weighted by molar-refractivity contribution is -0.140. The lowest BCUT2D eigenvalue weighted by atomic mass is 10.1. The van der Waals surface area contributed by atoms with E-state index in [0.29, 0.717) is 0 Å². The standard InChI is InChI=1S/C20H25N3O5/c1-4-5-10-28-20(27)15-8-6-7-9-16(15)23-18(24)14(11-21)12-22-17(13(2)3)19(25)26/h6-9,12-13,17,22H,4-5,10H2,1-3H3,(H,23,24)(H,25,26)/b14-12-. The minimum Gasteiger partial charge on any atom is -0.480 e. The number of carbonyl (C=O) groups excluding carboxylic acids is 2. The molecule has 0 fully saturated rings. The highest BCUT2D eigenvalue weighted by Gasteiger charge is 2.21. The second kappa shape index (κ2) is 11.4. The van der Waals surface area contributed by atoms with E-state index >= 15 is 0 Å². The summed E-state index contributed by atoms with van der Waals surface area (Å²) in [5.41, 5.74) is 0.0534. The van der Waals surface area contributed by atoms with Gasteiger partial charge in [0.2, 0.25) is 0 Å². The number of esters is 1. The van der Waals surface area contributed by atoms with Crippen molar-refractivity contribution in [1.82, 2.24) is 5.32 Å². The fraction of sp³-hybridized carbons (Fsp3) is 0.400. The van der Waals surface area contributed by atoms with Gasteiger partial charge in [0, 0.05) is 6.20 Å². The molecule has 0 spiro atoms. The Bertz CT molecular complexity index is 780. The number of carboxylic acid groups (broad SMARTS) is 1. The Kier molecular flexibility index (Phi) is 9.23. The van der Waals surface area contributed by atoms with E-state index in [1.54, 1.807) is 32.0 Å². The van der Waals surface area contributed by atoms with E-state index in [0.717, 1.165) is 19.0 Å². The molecule has 3 N–H and O–H groups in total. The molecule has 0 saturated carbocycles. The molecule has 1 aromatic rings. The van der Waals surface area contributed by atoms with Crippen molar-refractivity contribution in [3.63, 3.8) is 0 Å². The Labute approximate surface area is 164 Å². The van der Waals surface area contributed by atoms with Crippen LogP contribution in [0.1, 0.15) is 44.0 Å². The van der Waals surface area contributed by atoms with Gasteiger partial charge in [0.15, 0.2) is 0 Å². The number of amides is 1. The van der Waals surface area contributed by atoms with Crippen LogP contribution in [-0.4, -0.2) is 35.6 Å². The third kappa shape index (κ3) is 6.76. The zero-order valence-corrected chi connectivity index (χ0v) is 16.2. The van der Waals surface area contributed by atoms with Gasteiger partial charge in [-0.05, 0) is 24.5 Å². The third-order valence-corrected chi connectivity index (χ3v) is 3.83. The number of aliphatic carboxylic acids is 1. The van der Waals surface area contributed by atoms with Crippen LogP contribution in [0.2, 0.25) is 0 Å². The maximum absolute atomic E-state index is 12.4. The molecule has 0 saturated heterocycles. The minimum atomic E-state index is -1.09. The smallest absolute Gasteiger partial charge is 0.340 e. The molecule has 8 heteroatoms. The highest BCUT2D eigenvalue weighted by Crippen LogP contribution is 2.17. The normalized spacial score (nSPS) is 12.0. The number of hydrogen-bond acceptors (Lipinski definition) is 6. The number of para-hydroxylation sites is 1. The summed E-state index contributed by atoms with van der Waals surface area (Å²) in [7, 11) is 0. The van der Waals surface area contributed by atoms with Crippen LogP contribution in [0.25, 0.3) is 0 Å². The number of nitrogens with zero attached hydrogens (tertiary/aromatic N) is 1. The number of anilines is 1. The van der Waals surface area contributed by atoms with Crippen LogP contribution in [0.4, 0.5) is 5.69 Å². The number of hydrogen-bond donors (Lipinski definition) is 3. The van der Waals surface area contributed by atoms with Gasteiger partial charge < -0.3 is 20.5 Å². The average Bonchev–Trinajstić information content (AvgIpc) is 2.65. The largest absolute Gasteiger partial charge is 0.480 e. The van der Waals surface area contributed by atoms with E-state index in [4.69, 9.17) is 9.84 Å². The Balaban J connectivity index is 2.93. The molecule has 0 aliphatic rings. The maximum atomic E-state index is 12.4. The third-order valence-electron chi connectivity index (χ3n) is 3.83. The Morgan fingerprint density at radius 3 is 2.54 bits per heavy atom. The molecule has 1 aromatic carbocycles. The predicted octanol–water partition coefficient (Wildman–Crippen LogP) is 2.69. The summed E-state index contributed by atoms with van der Waals surface area (Å²) in [5.74, 6) is -2.69. The van der Waals surface area contributed by atoms with Crippen LogP contribution in [0.15, 0.2) is 36.0 Å². The summed E-state index contributed by atoms with van der Waals surface area (Å²) >= 11 is 0. The quantitative estimate of drug-likeness (QED) is 0.244. The molecule has 0 aromatic heterocycles. The monoisotopic (exact) mass is 387 g/mol. The molecule has 8 nitrogen and oxygen atoms in total. The van der Waals surface area contributed by atoms with E-state index in [1.807, 2.05) is 6.92 Å². The first kappa shape index (κ1) is 22.7. The Hall–Kier alpha value is -3.34. The van der Waals surface area contributed by atoms with Crippen LogP contribution < -0.4 is 10.6 Å². The highest BCUT2D eigenvalue weighted by molar-refractivity contribution is 6.09. The second-order valence-corrected chi connectivity index (χ2v) is 6.39. The summed E-state index contributed by atoms with van der Waals surface area (Å²) in [5, 5.41) is 23.5. The number of benzene rings is 1. The van der Waals surface area contributed by atoms with E-state index in [1.165, 1.54) is 12.1 Å². The molecule has 1 amide bonds. The van der Waals surface area contributed by atoms with Crippen molar-refractivity contribution >= 4 is 23.5 Å². The number of carboxylic acids is 1. The Morgan fingerprint density at radius 1 is 1.29 bits per heavy atom. The number of unbranched alkanes of at least 4 members (excludes halogenated alkanes) is 1. The van der Waals surface area contributed by atoms with Gasteiger partial charge in [0.05, 0.1) is 17.9 Å². The van der Waals surface area contributed by atoms with Gasteiger partial charge in [-0.1, -0.05) is 39.3 Å². The summed E-state index contributed by atoms with van der Waals surface area (Å²) < 4.78 is 5.16. The molecule has 150 valence electrons. The first-order valence-corrected chi connectivity index (χ1v) is 8.98. The lowest BCUT2D eigenvalue weighted by Gasteiger charge is -2.16. The molecule has 0 bridgehead atoms. The van der Waals surface area contributed by atoms with E-state index < -0.39 is 23.9 Å². The molecule has 28 heavy (non-hydrogen) atoms. The lowest BCUT2D eigenvalue weighted by Crippen LogP contribution is -2.38. The van der Waals surface area contributed by atoms with Gasteiger partial charge in [-0.3, -0.25) is 4.79 Å². The molecular formula is C20H25N3O5. The van der Waals surface area contributed by atoms with Crippen molar-refractivity contribution in [2.24, 2.45) is 5.92 Å². The van der Waals surface area contributed by atoms with Gasteiger partial charge in [0.25, 0.3) is 5.91 Å². The average molecular weight is 387 g/mol. The summed E-state index contributed by atoms with van der Waals surface area (Å²) in [6.45, 7) is 5.65. The summed E-state index contributed by atoms with van der Waals surface area (Å²) in [6, 6.07) is 7.07. The number of ether oxygens (including phenoxy) is 1. The zero-order chi connectivity index (χ0) is 21.1. The molecule has 1 atom stereocenters. The van der Waals surface area contributed by atoms with Crippen LogP contribution in [-0.2, 0) is 14.3 Å². The first-order valence-electron chi connectivity index (χ1n) is 8.98. The van der Waals surface area contributed by atoms with E-state index in [9.17, 15) is 19.6 Å². The molecule has 0 aliphatic heterocycles. The van der Waals surface area contributed by atoms with Gasteiger partial charge >= 0.3 is 11.9 Å². The van der Waals surface area contributed by atoms with Gasteiger partial charge in [-0.15, -0.1) is 0 Å². The fourth-order valence-electron chi connectivity index (χ4n) is 2.22. The van der Waals surface area contributed by atoms with Crippen molar-refractivity contribution in [3.8, 4) is 6.07 Å². The van der Waals surface area contributed by atoms with Crippen molar-refractivity contribution in [3.05, 3.63) is 41.6 Å². The Morgan fingerprint density at radius 2 is 1.96 bits per heavy atom. The maximum Gasteiger partial charge on any atom is 0.340 e. The minimum absolute atomic E-state index is 0.169. The molecular weight excluding hydrogens is 362 g/mol. The molecule has 1 unspecified atom stereocenters. The van der Waals surface area contributed by atoms with Gasteiger partial charge in [-0.25, -0.2) is 9.59 Å². The van der Waals surface area contributed by atoms with Crippen molar-refractivity contribution < 1.29 is 24.2 Å². The van der Waals surface area contributed by atoms with Crippen molar-refractivity contribution in [2.45, 2.75) is 39.7 Å². The number of nitriles is 1. The van der Waals surface area contributed by atoms with Crippen molar-refractivity contribution in [1.29, 1.82) is 5.26 Å². The topological polar surface area (TPSA) is 129 Å². The zero-order valence-electron chi connectivity index (χ0n) is 16.2. The fourth-order valence-corrected chi connectivity index (χ4v) is 2.22. The van der Waals surface area contributed by atoms with Gasteiger partial charge in [-0.2, -0.15) is 5.26 Å². The number of carbonyl (C=O) groups is 3. The summed E-state index contributed by atoms with van der Waals surface area (Å²) in [4.78, 5) is 35.8. The second-order valence-electron chi connectivity index (χ2n) is 6.39. The molecule has 0 aliphatic carbocycles. The van der Waals surface area contributed by atoms with E-state index in [2.05, 4.69) is 10.6 Å². The molecule has 0 radical (unpaired) electrons.